The Hall–Kier alpha value is -8.04. The van der Waals surface area contributed by atoms with Gasteiger partial charge in [0.25, 0.3) is 22.9 Å². The normalized spacial score (nSPS) is 11.7. The molecule has 0 radical (unpaired) electrons. The number of nitrogens with zero attached hydrogens (tertiary/aromatic N) is 5. The molecule has 8 rings (SSSR count). The highest BCUT2D eigenvalue weighted by atomic mass is 35.5. The number of nitrogens with one attached hydrogen (secondary N) is 3. The van der Waals surface area contributed by atoms with E-state index in [9.17, 15) is 43.2 Å². The van der Waals surface area contributed by atoms with E-state index in [4.69, 9.17) is 55.9 Å². The first-order valence-electron chi connectivity index (χ1n) is 26.3. The summed E-state index contributed by atoms with van der Waals surface area (Å²) in [5.74, 6) is -2.53. The third-order valence-corrected chi connectivity index (χ3v) is 14.5. The fourth-order valence-electron chi connectivity index (χ4n) is 9.15. The predicted octanol–water partition coefficient (Wildman–Crippen LogP) is 8.31. The summed E-state index contributed by atoms with van der Waals surface area (Å²) in [6.07, 6.45) is -0.00329. The molecule has 0 saturated heterocycles. The van der Waals surface area contributed by atoms with E-state index in [1.807, 2.05) is 13.1 Å². The third kappa shape index (κ3) is 15.6. The van der Waals surface area contributed by atoms with Crippen molar-refractivity contribution in [2.45, 2.75) is 77.9 Å². The maximum Gasteiger partial charge on any atom is 0.335 e. The van der Waals surface area contributed by atoms with E-state index >= 15 is 0 Å². The lowest BCUT2D eigenvalue weighted by atomic mass is 10.0. The molecule has 0 unspecified atom stereocenters. The molecule has 0 fully saturated rings. The van der Waals surface area contributed by atoms with E-state index in [2.05, 4.69) is 16.0 Å². The minimum absolute atomic E-state index is 0. The van der Waals surface area contributed by atoms with E-state index < -0.39 is 70.5 Å². The highest BCUT2D eigenvalue weighted by molar-refractivity contribution is 6.40. The maximum absolute atomic E-state index is 13.5. The molecular formula is C61H61Cl5N8O11. The van der Waals surface area contributed by atoms with Crippen LogP contribution in [0.25, 0.3) is 33.2 Å². The Morgan fingerprint density at radius 3 is 1.26 bits per heavy atom. The van der Waals surface area contributed by atoms with Gasteiger partial charge in [0.1, 0.15) is 12.1 Å². The van der Waals surface area contributed by atoms with Crippen LogP contribution in [0.5, 0.6) is 0 Å². The monoisotopic (exact) mass is 1260 g/mol. The fourth-order valence-corrected chi connectivity index (χ4v) is 10.3. The van der Waals surface area contributed by atoms with Crippen LogP contribution in [-0.4, -0.2) is 91.7 Å². The van der Waals surface area contributed by atoms with Gasteiger partial charge in [0.05, 0.1) is 76.6 Å². The van der Waals surface area contributed by atoms with E-state index in [0.29, 0.717) is 63.8 Å². The smallest absolute Gasteiger partial charge is 0.335 e. The summed E-state index contributed by atoms with van der Waals surface area (Å²) in [5.41, 5.74) is 2.74. The lowest BCUT2D eigenvalue weighted by Crippen LogP contribution is -2.44. The summed E-state index contributed by atoms with van der Waals surface area (Å²) in [4.78, 5) is 118. The largest absolute Gasteiger partial charge is 0.461 e. The highest BCUT2D eigenvalue weighted by Crippen LogP contribution is 2.26. The topological polar surface area (TPSA) is 231 Å². The van der Waals surface area contributed by atoms with E-state index in [1.165, 1.54) is 38.3 Å². The van der Waals surface area contributed by atoms with Gasteiger partial charge in [0.2, 0.25) is 6.41 Å². The van der Waals surface area contributed by atoms with Gasteiger partial charge < -0.3 is 30.3 Å². The number of hydrogen-bond acceptors (Lipinski definition) is 12. The van der Waals surface area contributed by atoms with E-state index in [-0.39, 0.29) is 56.5 Å². The molecule has 24 heteroatoms. The second-order valence-corrected chi connectivity index (χ2v) is 21.8. The molecule has 2 atom stereocenters. The number of halogens is 5. The number of fused-ring (bicyclic) bond motifs is 2. The van der Waals surface area contributed by atoms with Crippen LogP contribution in [0.1, 0.15) is 70.7 Å². The van der Waals surface area contributed by atoms with Gasteiger partial charge in [0.15, 0.2) is 0 Å². The molecular weight excluding hydrogens is 1200 g/mol. The molecule has 6 aromatic carbocycles. The minimum atomic E-state index is -1.08. The van der Waals surface area contributed by atoms with E-state index in [1.54, 1.807) is 140 Å². The number of rotatable bonds is 19. The number of ether oxygens (including phenoxy) is 2. The molecule has 2 heterocycles. The van der Waals surface area contributed by atoms with Gasteiger partial charge in [0, 0.05) is 47.1 Å². The molecule has 0 aliphatic rings. The fraction of sp³-hybridized carbons (Fsp3) is 0.262. The van der Waals surface area contributed by atoms with Crippen LogP contribution in [0.2, 0.25) is 20.1 Å². The zero-order valence-corrected chi connectivity index (χ0v) is 51.2. The quantitative estimate of drug-likeness (QED) is 0.0513. The number of aromatic nitrogens is 4. The molecule has 0 bridgehead atoms. The standard InChI is InChI=1S/C31H30Cl2N4O6.C30H30Cl2N4O5.ClH/c1-18(2)43-30(41)25(34-28(39)27-23(32)6-5-7-24(27)33)15-19-8-11-21(12-9-19)37-29(40)22-14-20(16-35(3)17-38)10-13-26(22)36(4)31(37)42;1-17(2)41-29(39)24(34-27(37)26-22(31)6-5-7-23(26)32)15-18-8-11-20(12-9-18)36-28(38)21-14-19(16-33-3)10-13-25(21)35(4)30(36)40;/h5-14,17-18,25H,15-16H2,1-4H3,(H,34,39);5-14,17,24,33H,15-16H2,1-4H3,(H,34,37);1H/t25-;24-;/m00./s1. The van der Waals surface area contributed by atoms with Crippen molar-refractivity contribution >= 4 is 111 Å². The summed E-state index contributed by atoms with van der Waals surface area (Å²) < 4.78 is 15.7. The molecule has 0 aliphatic carbocycles. The van der Waals surface area contributed by atoms with Gasteiger partial charge in [-0.3, -0.25) is 33.1 Å². The molecule has 0 spiro atoms. The number of carbonyl (C=O) groups is 5. The third-order valence-electron chi connectivity index (χ3n) is 13.2. The van der Waals surface area contributed by atoms with Crippen molar-refractivity contribution in [2.75, 3.05) is 14.1 Å². The second-order valence-electron chi connectivity index (χ2n) is 20.2. The molecule has 8 aromatic rings. The molecule has 3 N–H and O–H groups in total. The summed E-state index contributed by atoms with van der Waals surface area (Å²) in [7, 11) is 6.63. The first kappa shape index (κ1) is 66.1. The number of hydrogen-bond donors (Lipinski definition) is 3. The zero-order chi connectivity index (χ0) is 61.3. The van der Waals surface area contributed by atoms with Crippen LogP contribution in [0.3, 0.4) is 0 Å². The average molecular weight is 1260 g/mol. The van der Waals surface area contributed by atoms with Crippen molar-refractivity contribution in [3.8, 4) is 11.4 Å². The lowest BCUT2D eigenvalue weighted by molar-refractivity contribution is -0.150. The Morgan fingerprint density at radius 1 is 0.553 bits per heavy atom. The van der Waals surface area contributed by atoms with Crippen LogP contribution in [-0.2, 0) is 63.9 Å². The highest BCUT2D eigenvalue weighted by Gasteiger charge is 2.29. The Bertz CT molecular complexity index is 4030. The summed E-state index contributed by atoms with van der Waals surface area (Å²) in [6.45, 7) is 7.69. The first-order valence-corrected chi connectivity index (χ1v) is 27.8. The van der Waals surface area contributed by atoms with Gasteiger partial charge in [-0.25, -0.2) is 28.3 Å². The molecule has 2 aromatic heterocycles. The Morgan fingerprint density at radius 2 is 0.906 bits per heavy atom. The molecule has 19 nitrogen and oxygen atoms in total. The van der Waals surface area contributed by atoms with Gasteiger partial charge >= 0.3 is 23.3 Å². The van der Waals surface area contributed by atoms with Crippen molar-refractivity contribution in [2.24, 2.45) is 14.1 Å². The van der Waals surface area contributed by atoms with Crippen molar-refractivity contribution < 1.29 is 33.4 Å². The summed E-state index contributed by atoms with van der Waals surface area (Å²) in [6, 6.07) is 30.8. The number of carbonyl (C=O) groups excluding carboxylic acids is 5. The number of aryl methyl sites for hydroxylation is 2. The molecule has 0 aliphatic heterocycles. The Kier molecular flexibility index (Phi) is 22.7. The Labute approximate surface area is 514 Å². The summed E-state index contributed by atoms with van der Waals surface area (Å²) >= 11 is 24.7. The molecule has 85 heavy (non-hydrogen) atoms. The second kappa shape index (κ2) is 29.2. The lowest BCUT2D eigenvalue weighted by Gasteiger charge is -2.20. The zero-order valence-electron chi connectivity index (χ0n) is 47.4. The van der Waals surface area contributed by atoms with Crippen LogP contribution in [0.15, 0.2) is 141 Å². The van der Waals surface area contributed by atoms with Crippen molar-refractivity contribution in [3.63, 3.8) is 0 Å². The van der Waals surface area contributed by atoms with Crippen LogP contribution in [0.4, 0.5) is 0 Å². The Balaban J connectivity index is 0.000000269. The molecule has 3 amide bonds. The number of benzene rings is 6. The van der Waals surface area contributed by atoms with Gasteiger partial charge in [-0.15, -0.1) is 12.4 Å². The first-order chi connectivity index (χ1) is 39.9. The van der Waals surface area contributed by atoms with Crippen molar-refractivity contribution in [1.82, 2.24) is 39.1 Å². The van der Waals surface area contributed by atoms with Gasteiger partial charge in [-0.05, 0) is 130 Å². The number of amides is 3. The van der Waals surface area contributed by atoms with Crippen molar-refractivity contribution in [1.29, 1.82) is 0 Å². The molecule has 446 valence electrons. The van der Waals surface area contributed by atoms with Crippen LogP contribution >= 0.6 is 58.8 Å². The molecule has 0 saturated carbocycles. The van der Waals surface area contributed by atoms with Gasteiger partial charge in [-0.2, -0.15) is 0 Å². The van der Waals surface area contributed by atoms with Crippen molar-refractivity contribution in [3.05, 3.63) is 216 Å². The summed E-state index contributed by atoms with van der Waals surface area (Å²) in [5, 5.41) is 9.71. The van der Waals surface area contributed by atoms with Crippen LogP contribution < -0.4 is 38.4 Å². The minimum Gasteiger partial charge on any atom is -0.461 e. The van der Waals surface area contributed by atoms with Gasteiger partial charge in [-0.1, -0.05) is 94.9 Å². The average Bonchev–Trinajstić information content (AvgIpc) is 2.56. The number of esters is 2. The predicted molar refractivity (Wildman–Crippen MR) is 332 cm³/mol. The van der Waals surface area contributed by atoms with Crippen LogP contribution in [0, 0.1) is 0 Å². The van der Waals surface area contributed by atoms with E-state index in [0.717, 1.165) is 20.3 Å². The SMILES string of the molecule is CC(C)OC(=O)[C@H](Cc1ccc(-n2c(=O)c3cc(CN(C)C=O)ccc3n(C)c2=O)cc1)NC(=O)c1c(Cl)cccc1Cl.CNCc1ccc2c(c1)c(=O)n(-c1ccc(C[C@H](NC(=O)c3c(Cl)cccc3Cl)C(=O)OC(C)C)cc1)c(=O)n2C.Cl. The maximum atomic E-state index is 13.5.